The lowest BCUT2D eigenvalue weighted by Crippen LogP contribution is -2.38. The number of urea groups is 1. The number of carbonyl (C=O) groups excluding carboxylic acids is 1. The summed E-state index contributed by atoms with van der Waals surface area (Å²) in [5, 5.41) is 11.5. The molecule has 0 saturated carbocycles. The second-order valence-corrected chi connectivity index (χ2v) is 4.68. The number of hydrogen-bond donors (Lipinski definition) is 2. The van der Waals surface area contributed by atoms with Crippen LogP contribution >= 0.6 is 0 Å². The molecule has 0 radical (unpaired) electrons. The largest absolute Gasteiger partial charge is 0.480 e. The number of aliphatic carboxylic acids is 1. The van der Waals surface area contributed by atoms with Crippen molar-refractivity contribution in [3.05, 3.63) is 29.3 Å². The van der Waals surface area contributed by atoms with Crippen LogP contribution in [0.15, 0.2) is 18.2 Å². The number of nitrogens with zero attached hydrogens (tertiary/aromatic N) is 1. The molecule has 0 unspecified atom stereocenters. The Bertz CT molecular complexity index is 499. The Morgan fingerprint density at radius 1 is 1.32 bits per heavy atom. The standard InChI is InChI=1S/C14H18N2O3/c1-2-16(9-13(17)18)14(19)15-12-7-6-10-4-3-5-11(10)8-12/h6-8H,2-5,9H2,1H3,(H,15,19)(H,17,18). The predicted octanol–water partition coefficient (Wildman–Crippen LogP) is 2.11. The normalized spacial score (nSPS) is 12.9. The summed E-state index contributed by atoms with van der Waals surface area (Å²) >= 11 is 0. The molecule has 0 bridgehead atoms. The van der Waals surface area contributed by atoms with E-state index in [0.29, 0.717) is 6.54 Å². The average Bonchev–Trinajstić information content (AvgIpc) is 2.82. The fourth-order valence-electron chi connectivity index (χ4n) is 2.34. The number of hydrogen-bond acceptors (Lipinski definition) is 2. The summed E-state index contributed by atoms with van der Waals surface area (Å²) in [6.45, 7) is 1.83. The highest BCUT2D eigenvalue weighted by molar-refractivity contribution is 5.91. The average molecular weight is 262 g/mol. The topological polar surface area (TPSA) is 69.6 Å². The Labute approximate surface area is 112 Å². The van der Waals surface area contributed by atoms with Gasteiger partial charge in [-0.25, -0.2) is 4.79 Å². The Balaban J connectivity index is 2.03. The van der Waals surface area contributed by atoms with Crippen LogP contribution < -0.4 is 5.32 Å². The van der Waals surface area contributed by atoms with Crippen LogP contribution in [0, 0.1) is 0 Å². The van der Waals surface area contributed by atoms with E-state index >= 15 is 0 Å². The van der Waals surface area contributed by atoms with Crippen molar-refractivity contribution < 1.29 is 14.7 Å². The van der Waals surface area contributed by atoms with Crippen molar-refractivity contribution in [2.45, 2.75) is 26.2 Å². The molecule has 102 valence electrons. The molecule has 1 aromatic carbocycles. The maximum Gasteiger partial charge on any atom is 0.323 e. The number of rotatable bonds is 4. The number of carboxylic acid groups (broad SMARTS) is 1. The van der Waals surface area contributed by atoms with Gasteiger partial charge in [-0.3, -0.25) is 4.79 Å². The van der Waals surface area contributed by atoms with Gasteiger partial charge in [0, 0.05) is 12.2 Å². The van der Waals surface area contributed by atoms with E-state index in [-0.39, 0.29) is 12.6 Å². The zero-order chi connectivity index (χ0) is 13.8. The molecule has 5 heteroatoms. The van der Waals surface area contributed by atoms with Crippen molar-refractivity contribution in [2.24, 2.45) is 0 Å². The van der Waals surface area contributed by atoms with Gasteiger partial charge in [-0.2, -0.15) is 0 Å². The molecule has 2 N–H and O–H groups in total. The van der Waals surface area contributed by atoms with Gasteiger partial charge >= 0.3 is 12.0 Å². The molecule has 2 amide bonds. The highest BCUT2D eigenvalue weighted by atomic mass is 16.4. The van der Waals surface area contributed by atoms with Crippen molar-refractivity contribution in [1.29, 1.82) is 0 Å². The van der Waals surface area contributed by atoms with Crippen molar-refractivity contribution in [2.75, 3.05) is 18.4 Å². The molecule has 2 rings (SSSR count). The number of fused-ring (bicyclic) bond motifs is 1. The number of anilines is 1. The molecule has 1 aliphatic carbocycles. The molecule has 0 aliphatic heterocycles. The quantitative estimate of drug-likeness (QED) is 0.873. The number of nitrogens with one attached hydrogen (secondary N) is 1. The molecular formula is C14H18N2O3. The Morgan fingerprint density at radius 3 is 2.74 bits per heavy atom. The fourth-order valence-corrected chi connectivity index (χ4v) is 2.34. The van der Waals surface area contributed by atoms with Gasteiger partial charge in [-0.05, 0) is 49.4 Å². The first-order chi connectivity index (χ1) is 9.10. The van der Waals surface area contributed by atoms with Crippen molar-refractivity contribution >= 4 is 17.7 Å². The molecule has 0 spiro atoms. The predicted molar refractivity (Wildman–Crippen MR) is 72.4 cm³/mol. The monoisotopic (exact) mass is 262 g/mol. The highest BCUT2D eigenvalue weighted by Gasteiger charge is 2.16. The van der Waals surface area contributed by atoms with Crippen LogP contribution in [-0.2, 0) is 17.6 Å². The molecule has 1 aliphatic rings. The summed E-state index contributed by atoms with van der Waals surface area (Å²) in [6.07, 6.45) is 3.31. The van der Waals surface area contributed by atoms with Gasteiger partial charge in [0.05, 0.1) is 0 Å². The molecule has 0 aromatic heterocycles. The van der Waals surface area contributed by atoms with Gasteiger partial charge in [0.25, 0.3) is 0 Å². The molecule has 0 heterocycles. The van der Waals surface area contributed by atoms with E-state index in [1.54, 1.807) is 6.92 Å². The molecule has 0 saturated heterocycles. The van der Waals surface area contributed by atoms with Crippen LogP contribution in [0.2, 0.25) is 0 Å². The fraction of sp³-hybridized carbons (Fsp3) is 0.429. The first-order valence-corrected chi connectivity index (χ1v) is 6.49. The van der Waals surface area contributed by atoms with E-state index in [0.717, 1.165) is 24.9 Å². The van der Waals surface area contributed by atoms with E-state index in [4.69, 9.17) is 5.11 Å². The van der Waals surface area contributed by atoms with E-state index in [9.17, 15) is 9.59 Å². The number of likely N-dealkylation sites (N-methyl/N-ethyl adjacent to an activating group) is 1. The van der Waals surface area contributed by atoms with Gasteiger partial charge in [0.2, 0.25) is 0 Å². The molecule has 19 heavy (non-hydrogen) atoms. The number of aryl methyl sites for hydroxylation is 2. The van der Waals surface area contributed by atoms with E-state index in [2.05, 4.69) is 5.32 Å². The zero-order valence-electron chi connectivity index (χ0n) is 11.0. The van der Waals surface area contributed by atoms with Crippen LogP contribution in [0.4, 0.5) is 10.5 Å². The minimum absolute atomic E-state index is 0.284. The van der Waals surface area contributed by atoms with E-state index < -0.39 is 5.97 Å². The number of carboxylic acids is 1. The Morgan fingerprint density at radius 2 is 2.05 bits per heavy atom. The Hall–Kier alpha value is -2.04. The van der Waals surface area contributed by atoms with Gasteiger partial charge in [-0.1, -0.05) is 6.07 Å². The van der Waals surface area contributed by atoms with Gasteiger partial charge in [0.1, 0.15) is 6.54 Å². The second-order valence-electron chi connectivity index (χ2n) is 4.68. The zero-order valence-corrected chi connectivity index (χ0v) is 11.0. The van der Waals surface area contributed by atoms with Crippen molar-refractivity contribution in [3.63, 3.8) is 0 Å². The first-order valence-electron chi connectivity index (χ1n) is 6.49. The van der Waals surface area contributed by atoms with Crippen molar-refractivity contribution in [1.82, 2.24) is 4.90 Å². The number of amides is 2. The first kappa shape index (κ1) is 13.4. The summed E-state index contributed by atoms with van der Waals surface area (Å²) in [6, 6.07) is 5.51. The molecule has 0 fully saturated rings. The van der Waals surface area contributed by atoms with E-state index in [1.807, 2.05) is 18.2 Å². The van der Waals surface area contributed by atoms with Crippen LogP contribution in [0.3, 0.4) is 0 Å². The minimum Gasteiger partial charge on any atom is -0.480 e. The molecule has 0 atom stereocenters. The number of benzene rings is 1. The maximum absolute atomic E-state index is 11.9. The lowest BCUT2D eigenvalue weighted by molar-refractivity contribution is -0.137. The van der Waals surface area contributed by atoms with Gasteiger partial charge in [-0.15, -0.1) is 0 Å². The third-order valence-electron chi connectivity index (χ3n) is 3.34. The minimum atomic E-state index is -1.01. The Kier molecular flexibility index (Phi) is 4.04. The molecule has 5 nitrogen and oxygen atoms in total. The third-order valence-corrected chi connectivity index (χ3v) is 3.34. The smallest absolute Gasteiger partial charge is 0.323 e. The highest BCUT2D eigenvalue weighted by Crippen LogP contribution is 2.24. The summed E-state index contributed by atoms with van der Waals surface area (Å²) in [7, 11) is 0. The van der Waals surface area contributed by atoms with Crippen LogP contribution in [-0.4, -0.2) is 35.1 Å². The van der Waals surface area contributed by atoms with Crippen LogP contribution in [0.25, 0.3) is 0 Å². The molecule has 1 aromatic rings. The summed E-state index contributed by atoms with van der Waals surface area (Å²) in [4.78, 5) is 23.8. The van der Waals surface area contributed by atoms with Gasteiger partial charge in [0.15, 0.2) is 0 Å². The maximum atomic E-state index is 11.9. The van der Waals surface area contributed by atoms with Crippen molar-refractivity contribution in [3.8, 4) is 0 Å². The summed E-state index contributed by atoms with van der Waals surface area (Å²) in [5.74, 6) is -1.01. The summed E-state index contributed by atoms with van der Waals surface area (Å²) < 4.78 is 0. The lowest BCUT2D eigenvalue weighted by atomic mass is 10.1. The van der Waals surface area contributed by atoms with E-state index in [1.165, 1.54) is 16.0 Å². The van der Waals surface area contributed by atoms with Crippen LogP contribution in [0.5, 0.6) is 0 Å². The van der Waals surface area contributed by atoms with Gasteiger partial charge < -0.3 is 15.3 Å². The SMILES string of the molecule is CCN(CC(=O)O)C(=O)Nc1ccc2c(c1)CCC2. The summed E-state index contributed by atoms with van der Waals surface area (Å²) in [5.41, 5.74) is 3.35. The van der Waals surface area contributed by atoms with Crippen LogP contribution in [0.1, 0.15) is 24.5 Å². The third kappa shape index (κ3) is 3.24. The lowest BCUT2D eigenvalue weighted by Gasteiger charge is -2.19. The molecular weight excluding hydrogens is 244 g/mol. The second kappa shape index (κ2) is 5.73. The number of carbonyl (C=O) groups is 2.